The van der Waals surface area contributed by atoms with Crippen LogP contribution in [0, 0.1) is 11.3 Å². The van der Waals surface area contributed by atoms with Crippen LogP contribution in [0.1, 0.15) is 20.8 Å². The Labute approximate surface area is 62.2 Å². The van der Waals surface area contributed by atoms with Gasteiger partial charge in [-0.3, -0.25) is 5.41 Å². The molecule has 0 spiro atoms. The highest BCUT2D eigenvalue weighted by molar-refractivity contribution is 5.79. The van der Waals surface area contributed by atoms with Gasteiger partial charge < -0.3 is 0 Å². The molecule has 56 valence electrons. The summed E-state index contributed by atoms with van der Waals surface area (Å²) in [5, 5.41) is 6.60. The first-order chi connectivity index (χ1) is 4.68. The van der Waals surface area contributed by atoms with Gasteiger partial charge in [-0.25, -0.2) is 4.99 Å². The fourth-order valence-corrected chi connectivity index (χ4v) is 0.396. The Bertz CT molecular complexity index is 155. The molecule has 0 rings (SSSR count). The van der Waals surface area contributed by atoms with E-state index in [1.54, 1.807) is 6.21 Å². The Morgan fingerprint density at radius 3 is 2.50 bits per heavy atom. The Morgan fingerprint density at radius 1 is 1.50 bits per heavy atom. The monoisotopic (exact) mass is 138 g/mol. The van der Waals surface area contributed by atoms with Crippen LogP contribution in [0.2, 0.25) is 0 Å². The van der Waals surface area contributed by atoms with Gasteiger partial charge in [0, 0.05) is 6.21 Å². The largest absolute Gasteiger partial charge is 0.290 e. The van der Waals surface area contributed by atoms with Crippen molar-refractivity contribution >= 4 is 12.6 Å². The van der Waals surface area contributed by atoms with Gasteiger partial charge in [-0.05, 0) is 18.9 Å². The number of allylic oxidation sites excluding steroid dienone is 2. The molecule has 0 aliphatic heterocycles. The third-order valence-electron chi connectivity index (χ3n) is 1.41. The molecule has 0 unspecified atom stereocenters. The Hall–Kier alpha value is -0.920. The maximum Gasteiger partial charge on any atom is 0.106 e. The number of nitrogens with zero attached hydrogens (tertiary/aromatic N) is 1. The summed E-state index contributed by atoms with van der Waals surface area (Å²) in [5.41, 5.74) is 1.28. The lowest BCUT2D eigenvalue weighted by Gasteiger charge is -2.00. The van der Waals surface area contributed by atoms with Gasteiger partial charge in [-0.1, -0.05) is 19.4 Å². The lowest BCUT2D eigenvalue weighted by molar-refractivity contribution is 0.771. The smallest absolute Gasteiger partial charge is 0.106 e. The first kappa shape index (κ1) is 9.08. The minimum Gasteiger partial charge on any atom is -0.290 e. The molecule has 0 amide bonds. The molecular weight excluding hydrogens is 124 g/mol. The highest BCUT2D eigenvalue weighted by Gasteiger charge is 1.91. The lowest BCUT2D eigenvalue weighted by Crippen LogP contribution is -1.88. The summed E-state index contributed by atoms with van der Waals surface area (Å²) in [6.07, 6.45) is 4.60. The van der Waals surface area contributed by atoms with E-state index < -0.39 is 0 Å². The lowest BCUT2D eigenvalue weighted by atomic mass is 10.1. The van der Waals surface area contributed by atoms with E-state index in [9.17, 15) is 0 Å². The fourth-order valence-electron chi connectivity index (χ4n) is 0.396. The molecule has 0 atom stereocenters. The summed E-state index contributed by atoms with van der Waals surface area (Å²) in [7, 11) is 0. The summed E-state index contributed by atoms with van der Waals surface area (Å²) < 4.78 is 0. The van der Waals surface area contributed by atoms with E-state index in [0.717, 1.165) is 6.34 Å². The van der Waals surface area contributed by atoms with Crippen LogP contribution >= 0.6 is 0 Å². The Kier molecular flexibility index (Phi) is 4.46. The molecule has 2 heteroatoms. The van der Waals surface area contributed by atoms with Crippen LogP contribution in [0.3, 0.4) is 0 Å². The van der Waals surface area contributed by atoms with Crippen molar-refractivity contribution in [1.82, 2.24) is 0 Å². The summed E-state index contributed by atoms with van der Waals surface area (Å²) in [4.78, 5) is 3.63. The van der Waals surface area contributed by atoms with Crippen LogP contribution in [0.5, 0.6) is 0 Å². The van der Waals surface area contributed by atoms with Gasteiger partial charge in [0.2, 0.25) is 0 Å². The van der Waals surface area contributed by atoms with Gasteiger partial charge in [-0.15, -0.1) is 0 Å². The molecule has 0 aliphatic carbocycles. The highest BCUT2D eigenvalue weighted by atomic mass is 14.7. The van der Waals surface area contributed by atoms with Gasteiger partial charge in [-0.2, -0.15) is 0 Å². The van der Waals surface area contributed by atoms with Crippen LogP contribution < -0.4 is 0 Å². The van der Waals surface area contributed by atoms with Gasteiger partial charge >= 0.3 is 0 Å². The average molecular weight is 138 g/mol. The van der Waals surface area contributed by atoms with Crippen LogP contribution in [-0.4, -0.2) is 12.6 Å². The summed E-state index contributed by atoms with van der Waals surface area (Å²) in [6.45, 7) is 6.31. The minimum absolute atomic E-state index is 0.567. The molecule has 1 N–H and O–H groups in total. The molecule has 0 aromatic rings. The van der Waals surface area contributed by atoms with Crippen LogP contribution in [0.15, 0.2) is 16.6 Å². The Morgan fingerprint density at radius 2 is 2.10 bits per heavy atom. The fraction of sp³-hybridized carbons (Fsp3) is 0.500. The third-order valence-corrected chi connectivity index (χ3v) is 1.41. The predicted molar refractivity (Wildman–Crippen MR) is 45.9 cm³/mol. The molecule has 0 aromatic heterocycles. The second-order valence-electron chi connectivity index (χ2n) is 2.49. The maximum absolute atomic E-state index is 6.60. The zero-order valence-electron chi connectivity index (χ0n) is 6.76. The van der Waals surface area contributed by atoms with Crippen molar-refractivity contribution < 1.29 is 0 Å². The number of nitrogens with one attached hydrogen (secondary N) is 1. The van der Waals surface area contributed by atoms with E-state index in [1.807, 2.05) is 6.08 Å². The maximum atomic E-state index is 6.60. The van der Waals surface area contributed by atoms with Gasteiger partial charge in [0.25, 0.3) is 0 Å². The zero-order valence-corrected chi connectivity index (χ0v) is 6.76. The van der Waals surface area contributed by atoms with Crippen molar-refractivity contribution in [3.05, 3.63) is 11.6 Å². The predicted octanol–water partition coefficient (Wildman–Crippen LogP) is 2.27. The molecule has 0 bridgehead atoms. The van der Waals surface area contributed by atoms with Crippen molar-refractivity contribution in [2.24, 2.45) is 10.9 Å². The van der Waals surface area contributed by atoms with Crippen molar-refractivity contribution in [3.8, 4) is 0 Å². The molecule has 0 radical (unpaired) electrons. The van der Waals surface area contributed by atoms with E-state index in [0.29, 0.717) is 5.92 Å². The third kappa shape index (κ3) is 4.01. The van der Waals surface area contributed by atoms with Crippen LogP contribution in [-0.2, 0) is 0 Å². The zero-order chi connectivity index (χ0) is 7.98. The van der Waals surface area contributed by atoms with Crippen molar-refractivity contribution in [2.45, 2.75) is 20.8 Å². The van der Waals surface area contributed by atoms with E-state index >= 15 is 0 Å². The van der Waals surface area contributed by atoms with E-state index in [2.05, 4.69) is 25.8 Å². The van der Waals surface area contributed by atoms with Gasteiger partial charge in [0.05, 0.1) is 0 Å². The SMILES string of the molecule is C/C(=C/C=NC=N)C(C)C. The number of rotatable bonds is 3. The minimum atomic E-state index is 0.567. The molecule has 2 nitrogen and oxygen atoms in total. The average Bonchev–Trinajstić information content (AvgIpc) is 1.88. The van der Waals surface area contributed by atoms with Gasteiger partial charge in [0.1, 0.15) is 6.34 Å². The number of aliphatic imine (C=N–C) groups is 1. The van der Waals surface area contributed by atoms with Crippen molar-refractivity contribution in [2.75, 3.05) is 0 Å². The van der Waals surface area contributed by atoms with Crippen LogP contribution in [0.4, 0.5) is 0 Å². The quantitative estimate of drug-likeness (QED) is 0.459. The molecule has 0 heterocycles. The standard InChI is InChI=1S/C8H14N2/c1-7(2)8(3)4-5-10-6-9/h4-7,9H,1-3H3/b8-4-,9-6?,10-5?. The van der Waals surface area contributed by atoms with Crippen LogP contribution in [0.25, 0.3) is 0 Å². The second kappa shape index (κ2) is 4.91. The van der Waals surface area contributed by atoms with Crippen molar-refractivity contribution in [1.29, 1.82) is 5.41 Å². The summed E-state index contributed by atoms with van der Waals surface area (Å²) >= 11 is 0. The normalized spacial score (nSPS) is 13.0. The molecule has 0 saturated heterocycles. The molecule has 10 heavy (non-hydrogen) atoms. The first-order valence-electron chi connectivity index (χ1n) is 3.37. The first-order valence-corrected chi connectivity index (χ1v) is 3.37. The Balaban J connectivity index is 3.91. The summed E-state index contributed by atoms with van der Waals surface area (Å²) in [5.74, 6) is 0.567. The molecule has 0 fully saturated rings. The van der Waals surface area contributed by atoms with Gasteiger partial charge in [0.15, 0.2) is 0 Å². The van der Waals surface area contributed by atoms with E-state index in [-0.39, 0.29) is 0 Å². The molecule has 0 saturated carbocycles. The number of hydrogen-bond acceptors (Lipinski definition) is 1. The van der Waals surface area contributed by atoms with E-state index in [1.165, 1.54) is 5.57 Å². The topological polar surface area (TPSA) is 36.2 Å². The second-order valence-corrected chi connectivity index (χ2v) is 2.49. The molecular formula is C8H14N2. The molecule has 0 aromatic carbocycles. The van der Waals surface area contributed by atoms with E-state index in [4.69, 9.17) is 5.41 Å². The highest BCUT2D eigenvalue weighted by Crippen LogP contribution is 2.05. The summed E-state index contributed by atoms with van der Waals surface area (Å²) in [6, 6.07) is 0. The number of hydrogen-bond donors (Lipinski definition) is 1. The van der Waals surface area contributed by atoms with Crippen molar-refractivity contribution in [3.63, 3.8) is 0 Å². The molecule has 0 aliphatic rings.